The fraction of sp³-hybridized carbons (Fsp3) is 0.733. The highest BCUT2D eigenvalue weighted by Crippen LogP contribution is 2.26. The number of hydrogen-bond donors (Lipinski definition) is 2. The lowest BCUT2D eigenvalue weighted by atomic mass is 10.0. The zero-order valence-corrected chi connectivity index (χ0v) is 13.9. The summed E-state index contributed by atoms with van der Waals surface area (Å²) < 4.78 is 0.737. The Bertz CT molecular complexity index is 402. The van der Waals surface area contributed by atoms with Crippen LogP contribution in [0.5, 0.6) is 0 Å². The Kier molecular flexibility index (Phi) is 6.30. The van der Waals surface area contributed by atoms with Gasteiger partial charge in [0.2, 0.25) is 0 Å². The first-order valence-electron chi connectivity index (χ1n) is 7.43. The molecule has 114 valence electrons. The van der Waals surface area contributed by atoms with Gasteiger partial charge in [-0.25, -0.2) is 0 Å². The second-order valence-electron chi connectivity index (χ2n) is 6.03. The summed E-state index contributed by atoms with van der Waals surface area (Å²) >= 11 is 7.35. The molecule has 0 saturated carbocycles. The van der Waals surface area contributed by atoms with E-state index in [-0.39, 0.29) is 0 Å². The van der Waals surface area contributed by atoms with Crippen molar-refractivity contribution >= 4 is 22.9 Å². The summed E-state index contributed by atoms with van der Waals surface area (Å²) in [6.45, 7) is 8.68. The smallest absolute Gasteiger partial charge is 0.101 e. The predicted octanol–water partition coefficient (Wildman–Crippen LogP) is 3.14. The molecular formula is C15H25ClN2OS. The van der Waals surface area contributed by atoms with Crippen molar-refractivity contribution < 1.29 is 5.11 Å². The first kappa shape index (κ1) is 16.2. The summed E-state index contributed by atoms with van der Waals surface area (Å²) in [6.07, 6.45) is 1.90. The molecule has 1 aliphatic rings. The van der Waals surface area contributed by atoms with Crippen LogP contribution in [-0.4, -0.2) is 42.2 Å². The lowest BCUT2D eigenvalue weighted by Gasteiger charge is -2.33. The molecule has 1 fully saturated rings. The van der Waals surface area contributed by atoms with E-state index < -0.39 is 6.10 Å². The van der Waals surface area contributed by atoms with Gasteiger partial charge < -0.3 is 15.3 Å². The maximum atomic E-state index is 10.1. The van der Waals surface area contributed by atoms with Crippen LogP contribution in [-0.2, 0) is 0 Å². The van der Waals surface area contributed by atoms with Gasteiger partial charge in [0.1, 0.15) is 6.10 Å². The van der Waals surface area contributed by atoms with Gasteiger partial charge in [-0.2, -0.15) is 0 Å². The third-order valence-corrected chi connectivity index (χ3v) is 5.07. The maximum Gasteiger partial charge on any atom is 0.101 e. The minimum atomic E-state index is -0.443. The van der Waals surface area contributed by atoms with Crippen molar-refractivity contribution in [2.45, 2.75) is 38.8 Å². The van der Waals surface area contributed by atoms with E-state index in [1.165, 1.54) is 30.7 Å². The summed E-state index contributed by atoms with van der Waals surface area (Å²) in [7, 11) is 0. The van der Waals surface area contributed by atoms with Crippen LogP contribution in [0.4, 0.5) is 0 Å². The van der Waals surface area contributed by atoms with Gasteiger partial charge in [0, 0.05) is 24.0 Å². The number of hydrogen-bond acceptors (Lipinski definition) is 4. The number of thiophene rings is 1. The van der Waals surface area contributed by atoms with Crippen molar-refractivity contribution in [2.24, 2.45) is 5.92 Å². The molecule has 1 saturated heterocycles. The Hall–Kier alpha value is -0.130. The molecule has 0 bridgehead atoms. The molecule has 2 heterocycles. The third kappa shape index (κ3) is 5.01. The van der Waals surface area contributed by atoms with Crippen LogP contribution >= 0.6 is 22.9 Å². The molecule has 5 heteroatoms. The van der Waals surface area contributed by atoms with Crippen LogP contribution in [0.15, 0.2) is 12.1 Å². The zero-order chi connectivity index (χ0) is 14.5. The Balaban J connectivity index is 1.68. The van der Waals surface area contributed by atoms with Gasteiger partial charge in [0.05, 0.1) is 4.34 Å². The minimum absolute atomic E-state index is 0.443. The lowest BCUT2D eigenvalue weighted by molar-refractivity contribution is 0.148. The SMILES string of the molecule is CC(C)CN1CCC(NCC(O)c2ccc(Cl)s2)CC1. The Morgan fingerprint density at radius 2 is 2.10 bits per heavy atom. The summed E-state index contributed by atoms with van der Waals surface area (Å²) in [5, 5.41) is 13.6. The number of aliphatic hydroxyl groups excluding tert-OH is 1. The highest BCUT2D eigenvalue weighted by atomic mass is 35.5. The number of halogens is 1. The topological polar surface area (TPSA) is 35.5 Å². The number of piperidine rings is 1. The Morgan fingerprint density at radius 1 is 1.40 bits per heavy atom. The van der Waals surface area contributed by atoms with Crippen molar-refractivity contribution in [1.82, 2.24) is 10.2 Å². The largest absolute Gasteiger partial charge is 0.386 e. The first-order valence-corrected chi connectivity index (χ1v) is 8.63. The lowest BCUT2D eigenvalue weighted by Crippen LogP contribution is -2.44. The second kappa shape index (κ2) is 7.76. The van der Waals surface area contributed by atoms with Gasteiger partial charge in [-0.05, 0) is 44.0 Å². The number of rotatable bonds is 6. The fourth-order valence-corrected chi connectivity index (χ4v) is 3.77. The molecule has 1 atom stereocenters. The molecule has 0 radical (unpaired) electrons. The number of nitrogens with zero attached hydrogens (tertiary/aromatic N) is 1. The van der Waals surface area contributed by atoms with E-state index >= 15 is 0 Å². The molecule has 0 aliphatic carbocycles. The zero-order valence-electron chi connectivity index (χ0n) is 12.3. The van der Waals surface area contributed by atoms with Crippen LogP contribution in [0, 0.1) is 5.92 Å². The number of aliphatic hydroxyl groups is 1. The van der Waals surface area contributed by atoms with Crippen molar-refractivity contribution in [3.8, 4) is 0 Å². The molecule has 3 nitrogen and oxygen atoms in total. The molecule has 1 aromatic heterocycles. The van der Waals surface area contributed by atoms with Gasteiger partial charge in [0.15, 0.2) is 0 Å². The number of likely N-dealkylation sites (tertiary alicyclic amines) is 1. The molecule has 0 aromatic carbocycles. The molecule has 0 spiro atoms. The van der Waals surface area contributed by atoms with E-state index in [4.69, 9.17) is 11.6 Å². The molecule has 1 aromatic rings. The van der Waals surface area contributed by atoms with Crippen LogP contribution in [0.3, 0.4) is 0 Å². The highest BCUT2D eigenvalue weighted by Gasteiger charge is 2.20. The van der Waals surface area contributed by atoms with Crippen LogP contribution in [0.2, 0.25) is 4.34 Å². The molecule has 1 unspecified atom stereocenters. The fourth-order valence-electron chi connectivity index (χ4n) is 2.72. The average Bonchev–Trinajstić information content (AvgIpc) is 2.84. The van der Waals surface area contributed by atoms with Crippen molar-refractivity contribution in [2.75, 3.05) is 26.2 Å². The van der Waals surface area contributed by atoms with Crippen molar-refractivity contribution in [3.05, 3.63) is 21.3 Å². The van der Waals surface area contributed by atoms with E-state index in [0.717, 1.165) is 28.2 Å². The van der Waals surface area contributed by atoms with Gasteiger partial charge in [0.25, 0.3) is 0 Å². The van der Waals surface area contributed by atoms with Crippen molar-refractivity contribution in [3.63, 3.8) is 0 Å². The van der Waals surface area contributed by atoms with E-state index in [1.54, 1.807) is 0 Å². The summed E-state index contributed by atoms with van der Waals surface area (Å²) in [4.78, 5) is 3.48. The summed E-state index contributed by atoms with van der Waals surface area (Å²) in [6, 6.07) is 4.28. The monoisotopic (exact) mass is 316 g/mol. The Morgan fingerprint density at radius 3 is 2.65 bits per heavy atom. The minimum Gasteiger partial charge on any atom is -0.386 e. The standard InChI is InChI=1S/C15H25ClN2OS/c1-11(2)10-18-7-5-12(6-8-18)17-9-13(19)14-3-4-15(16)20-14/h3-4,11-13,17,19H,5-10H2,1-2H3. The first-order chi connectivity index (χ1) is 9.54. The average molecular weight is 317 g/mol. The van der Waals surface area contributed by atoms with Gasteiger partial charge in [-0.15, -0.1) is 11.3 Å². The van der Waals surface area contributed by atoms with Crippen LogP contribution in [0.25, 0.3) is 0 Å². The Labute approximate surface area is 130 Å². The maximum absolute atomic E-state index is 10.1. The predicted molar refractivity (Wildman–Crippen MR) is 86.6 cm³/mol. The van der Waals surface area contributed by atoms with E-state index in [9.17, 15) is 5.11 Å². The van der Waals surface area contributed by atoms with E-state index in [2.05, 4.69) is 24.1 Å². The molecule has 20 heavy (non-hydrogen) atoms. The van der Waals surface area contributed by atoms with Crippen molar-refractivity contribution in [1.29, 1.82) is 0 Å². The molecular weight excluding hydrogens is 292 g/mol. The van der Waals surface area contributed by atoms with Crippen LogP contribution < -0.4 is 5.32 Å². The summed E-state index contributed by atoms with van der Waals surface area (Å²) in [5.41, 5.74) is 0. The van der Waals surface area contributed by atoms with Gasteiger partial charge in [-0.3, -0.25) is 0 Å². The van der Waals surface area contributed by atoms with E-state index in [1.807, 2.05) is 12.1 Å². The third-order valence-electron chi connectivity index (χ3n) is 3.73. The molecule has 2 rings (SSSR count). The normalized spacial score (nSPS) is 19.6. The second-order valence-corrected chi connectivity index (χ2v) is 7.78. The molecule has 2 N–H and O–H groups in total. The van der Waals surface area contributed by atoms with E-state index in [0.29, 0.717) is 12.6 Å². The van der Waals surface area contributed by atoms with Crippen LogP contribution in [0.1, 0.15) is 37.7 Å². The molecule has 0 amide bonds. The number of nitrogens with one attached hydrogen (secondary N) is 1. The summed E-state index contributed by atoms with van der Waals surface area (Å²) in [5.74, 6) is 0.741. The molecule has 1 aliphatic heterocycles. The highest BCUT2D eigenvalue weighted by molar-refractivity contribution is 7.16. The van der Waals surface area contributed by atoms with Gasteiger partial charge >= 0.3 is 0 Å². The quantitative estimate of drug-likeness (QED) is 0.846. The van der Waals surface area contributed by atoms with Gasteiger partial charge in [-0.1, -0.05) is 25.4 Å².